The molecule has 38 heavy (non-hydrogen) atoms. The molecule has 7 nitrogen and oxygen atoms in total. The molecule has 2 heterocycles. The summed E-state index contributed by atoms with van der Waals surface area (Å²) in [7, 11) is 0. The summed E-state index contributed by atoms with van der Waals surface area (Å²) in [6.07, 6.45) is 2.98. The fourth-order valence-electron chi connectivity index (χ4n) is 5.13. The van der Waals surface area contributed by atoms with E-state index in [1.165, 1.54) is 0 Å². The van der Waals surface area contributed by atoms with E-state index < -0.39 is 11.2 Å². The van der Waals surface area contributed by atoms with Crippen molar-refractivity contribution in [3.63, 3.8) is 0 Å². The number of piperidine rings is 1. The standard InChI is InChI=1S/C31H38N2O5/c1-7-32(8-2)28(35)23-14-12-22(13-15-23)25-20-31(37-26-11-9-10-24(21(3)34)27(25)26)16-18-33(19-17-31)29(36)38-30(4,5)6/h9-15,20H,7-8,16-19H2,1-6H3. The Bertz CT molecular complexity index is 1240. The Morgan fingerprint density at radius 1 is 1.00 bits per heavy atom. The maximum Gasteiger partial charge on any atom is 0.410 e. The van der Waals surface area contributed by atoms with Gasteiger partial charge in [0.15, 0.2) is 5.78 Å². The molecule has 7 heteroatoms. The summed E-state index contributed by atoms with van der Waals surface area (Å²) in [5.74, 6) is 0.614. The van der Waals surface area contributed by atoms with Gasteiger partial charge in [-0.3, -0.25) is 9.59 Å². The lowest BCUT2D eigenvalue weighted by Crippen LogP contribution is -2.50. The monoisotopic (exact) mass is 518 g/mol. The van der Waals surface area contributed by atoms with Gasteiger partial charge in [0, 0.05) is 55.7 Å². The molecule has 0 radical (unpaired) electrons. The molecule has 0 saturated carbocycles. The second-order valence-electron chi connectivity index (χ2n) is 11.0. The Balaban J connectivity index is 1.69. The van der Waals surface area contributed by atoms with Crippen molar-refractivity contribution in [1.29, 1.82) is 0 Å². The first-order valence-electron chi connectivity index (χ1n) is 13.4. The minimum absolute atomic E-state index is 0.00156. The fraction of sp³-hybridized carbons (Fsp3) is 0.452. The number of likely N-dealkylation sites (tertiary alicyclic amines) is 1. The van der Waals surface area contributed by atoms with Crippen LogP contribution in [-0.2, 0) is 4.74 Å². The van der Waals surface area contributed by atoms with Crippen LogP contribution in [0.25, 0.3) is 5.57 Å². The van der Waals surface area contributed by atoms with Crippen LogP contribution in [0.3, 0.4) is 0 Å². The number of amides is 2. The molecule has 202 valence electrons. The molecule has 2 amide bonds. The maximum absolute atomic E-state index is 12.9. The molecule has 2 aliphatic heterocycles. The molecule has 0 aromatic heterocycles. The van der Waals surface area contributed by atoms with Crippen LogP contribution >= 0.6 is 0 Å². The van der Waals surface area contributed by atoms with Gasteiger partial charge in [-0.05, 0) is 77.0 Å². The van der Waals surface area contributed by atoms with Crippen molar-refractivity contribution in [3.05, 3.63) is 70.8 Å². The predicted molar refractivity (Wildman–Crippen MR) is 148 cm³/mol. The summed E-state index contributed by atoms with van der Waals surface area (Å²) < 4.78 is 12.2. The molecular weight excluding hydrogens is 480 g/mol. The molecule has 0 unspecified atom stereocenters. The van der Waals surface area contributed by atoms with E-state index in [1.807, 2.05) is 77.1 Å². The van der Waals surface area contributed by atoms with E-state index in [-0.39, 0.29) is 17.8 Å². The van der Waals surface area contributed by atoms with Crippen molar-refractivity contribution in [3.8, 4) is 5.75 Å². The third kappa shape index (κ3) is 5.62. The molecule has 1 saturated heterocycles. The van der Waals surface area contributed by atoms with Crippen molar-refractivity contribution in [2.75, 3.05) is 26.2 Å². The molecule has 1 spiro atoms. The zero-order chi connectivity index (χ0) is 27.7. The number of carbonyl (C=O) groups is 3. The number of ketones is 1. The van der Waals surface area contributed by atoms with Crippen LogP contribution < -0.4 is 4.74 Å². The summed E-state index contributed by atoms with van der Waals surface area (Å²) >= 11 is 0. The van der Waals surface area contributed by atoms with Crippen LogP contribution in [0, 0.1) is 0 Å². The highest BCUT2D eigenvalue weighted by atomic mass is 16.6. The van der Waals surface area contributed by atoms with Gasteiger partial charge >= 0.3 is 6.09 Å². The number of carbonyl (C=O) groups excluding carboxylic acids is 3. The predicted octanol–water partition coefficient (Wildman–Crippen LogP) is 5.97. The zero-order valence-electron chi connectivity index (χ0n) is 23.3. The number of benzene rings is 2. The van der Waals surface area contributed by atoms with E-state index >= 15 is 0 Å². The number of rotatable bonds is 5. The molecule has 0 N–H and O–H groups in total. The van der Waals surface area contributed by atoms with E-state index in [9.17, 15) is 14.4 Å². The SMILES string of the molecule is CCN(CC)C(=O)c1ccc(C2=CC3(CCN(C(=O)OC(C)(C)C)CC3)Oc3cccc(C(C)=O)c32)cc1. The summed E-state index contributed by atoms with van der Waals surface area (Å²) in [4.78, 5) is 41.6. The highest BCUT2D eigenvalue weighted by Gasteiger charge is 2.41. The van der Waals surface area contributed by atoms with Crippen molar-refractivity contribution in [2.24, 2.45) is 0 Å². The fourth-order valence-corrected chi connectivity index (χ4v) is 5.13. The van der Waals surface area contributed by atoms with Gasteiger partial charge in [0.25, 0.3) is 5.91 Å². The molecule has 2 aliphatic rings. The highest BCUT2D eigenvalue weighted by Crippen LogP contribution is 2.45. The lowest BCUT2D eigenvalue weighted by molar-refractivity contribution is -0.00122. The number of hydrogen-bond donors (Lipinski definition) is 0. The zero-order valence-corrected chi connectivity index (χ0v) is 23.3. The average Bonchev–Trinajstić information content (AvgIpc) is 2.88. The third-order valence-corrected chi connectivity index (χ3v) is 7.15. The van der Waals surface area contributed by atoms with Crippen LogP contribution in [-0.4, -0.2) is 65.0 Å². The maximum atomic E-state index is 12.9. The van der Waals surface area contributed by atoms with Crippen LogP contribution in [0.5, 0.6) is 5.75 Å². The molecule has 2 aromatic rings. The first-order chi connectivity index (χ1) is 18.0. The average molecular weight is 519 g/mol. The Kier molecular flexibility index (Phi) is 7.68. The molecule has 0 bridgehead atoms. The van der Waals surface area contributed by atoms with Crippen molar-refractivity contribution < 1.29 is 23.9 Å². The smallest absolute Gasteiger partial charge is 0.410 e. The number of nitrogens with zero attached hydrogens (tertiary/aromatic N) is 2. The molecule has 4 rings (SSSR count). The first-order valence-corrected chi connectivity index (χ1v) is 13.4. The highest BCUT2D eigenvalue weighted by molar-refractivity contribution is 6.03. The number of ether oxygens (including phenoxy) is 2. The van der Waals surface area contributed by atoms with E-state index in [1.54, 1.807) is 16.7 Å². The van der Waals surface area contributed by atoms with Gasteiger partial charge in [0.2, 0.25) is 0 Å². The van der Waals surface area contributed by atoms with Crippen LogP contribution in [0.4, 0.5) is 4.79 Å². The van der Waals surface area contributed by atoms with Gasteiger partial charge in [0.05, 0.1) is 0 Å². The van der Waals surface area contributed by atoms with Crippen LogP contribution in [0.2, 0.25) is 0 Å². The van der Waals surface area contributed by atoms with E-state index in [4.69, 9.17) is 9.47 Å². The van der Waals surface area contributed by atoms with Crippen molar-refractivity contribution in [1.82, 2.24) is 9.80 Å². The van der Waals surface area contributed by atoms with E-state index in [0.717, 1.165) is 16.7 Å². The Morgan fingerprint density at radius 3 is 2.18 bits per heavy atom. The lowest BCUT2D eigenvalue weighted by Gasteiger charge is -2.43. The van der Waals surface area contributed by atoms with Gasteiger partial charge in [-0.25, -0.2) is 4.79 Å². The van der Waals surface area contributed by atoms with Crippen molar-refractivity contribution in [2.45, 2.75) is 65.6 Å². The minimum Gasteiger partial charge on any atom is -0.482 e. The molecule has 1 fully saturated rings. The minimum atomic E-state index is -0.619. The summed E-state index contributed by atoms with van der Waals surface area (Å²) in [5.41, 5.74) is 2.64. The molecular formula is C31H38N2O5. The Hall–Kier alpha value is -3.61. The summed E-state index contributed by atoms with van der Waals surface area (Å²) in [5, 5.41) is 0. The quantitative estimate of drug-likeness (QED) is 0.456. The molecule has 0 aliphatic carbocycles. The van der Waals surface area contributed by atoms with E-state index in [2.05, 4.69) is 6.08 Å². The van der Waals surface area contributed by atoms with Gasteiger partial charge in [-0.15, -0.1) is 0 Å². The second kappa shape index (κ2) is 10.6. The summed E-state index contributed by atoms with van der Waals surface area (Å²) in [6, 6.07) is 13.1. The van der Waals surface area contributed by atoms with Crippen LogP contribution in [0.1, 0.15) is 86.2 Å². The van der Waals surface area contributed by atoms with Crippen molar-refractivity contribution >= 4 is 23.4 Å². The molecule has 2 aromatic carbocycles. The van der Waals surface area contributed by atoms with E-state index in [0.29, 0.717) is 55.9 Å². The molecule has 0 atom stereocenters. The Labute approximate surface area is 225 Å². The topological polar surface area (TPSA) is 76.2 Å². The normalized spacial score (nSPS) is 16.3. The largest absolute Gasteiger partial charge is 0.482 e. The van der Waals surface area contributed by atoms with Gasteiger partial charge in [0.1, 0.15) is 17.0 Å². The third-order valence-electron chi connectivity index (χ3n) is 7.15. The number of Topliss-reactive ketones (excluding diaryl/α,β-unsaturated/α-hetero) is 1. The van der Waals surface area contributed by atoms with Crippen LogP contribution in [0.15, 0.2) is 48.5 Å². The Morgan fingerprint density at radius 2 is 1.63 bits per heavy atom. The first kappa shape index (κ1) is 27.4. The number of hydrogen-bond acceptors (Lipinski definition) is 5. The summed E-state index contributed by atoms with van der Waals surface area (Å²) in [6.45, 7) is 13.4. The van der Waals surface area contributed by atoms with Gasteiger partial charge < -0.3 is 19.3 Å². The van der Waals surface area contributed by atoms with Gasteiger partial charge in [-0.1, -0.05) is 24.3 Å². The second-order valence-corrected chi connectivity index (χ2v) is 11.0. The number of fused-ring (bicyclic) bond motifs is 1. The van der Waals surface area contributed by atoms with Gasteiger partial charge in [-0.2, -0.15) is 0 Å². The lowest BCUT2D eigenvalue weighted by atomic mass is 9.81.